The molecule has 3 aromatic heterocycles. The summed E-state index contributed by atoms with van der Waals surface area (Å²) in [6.07, 6.45) is 8.10. The van der Waals surface area contributed by atoms with Crippen LogP contribution in [-0.2, 0) is 17.8 Å². The number of amides is 2. The third kappa shape index (κ3) is 3.51. The fourth-order valence-electron chi connectivity index (χ4n) is 5.69. The van der Waals surface area contributed by atoms with Crippen molar-refractivity contribution in [2.45, 2.75) is 57.2 Å². The smallest absolute Gasteiger partial charge is 0.343 e. The zero-order valence-electron chi connectivity index (χ0n) is 18.2. The summed E-state index contributed by atoms with van der Waals surface area (Å²) in [5.74, 6) is 0.835. The fourth-order valence-corrected chi connectivity index (χ4v) is 5.69. The predicted octanol–water partition coefficient (Wildman–Crippen LogP) is 0.605. The van der Waals surface area contributed by atoms with Crippen LogP contribution in [-0.4, -0.2) is 65.1 Å². The number of fused-ring (bicyclic) bond motifs is 4. The first kappa shape index (κ1) is 20.1. The van der Waals surface area contributed by atoms with Crippen molar-refractivity contribution in [2.24, 2.45) is 11.8 Å². The van der Waals surface area contributed by atoms with Gasteiger partial charge in [0.25, 0.3) is 5.91 Å². The Morgan fingerprint density at radius 2 is 2.06 bits per heavy atom. The lowest BCUT2D eigenvalue weighted by Gasteiger charge is -2.47. The third-order valence-corrected chi connectivity index (χ3v) is 7.51. The SMILES string of the molecule is O=C(NC1CCC2CCN(C(=O)c3cnc4[nH]ccc4n3)C1C2)C1CCn2c(n[nH]c2=O)C1. The van der Waals surface area contributed by atoms with Crippen LogP contribution in [0.2, 0.25) is 0 Å². The molecule has 2 fully saturated rings. The van der Waals surface area contributed by atoms with Gasteiger partial charge in [-0.2, -0.15) is 5.10 Å². The molecule has 3 aromatic rings. The maximum Gasteiger partial charge on any atom is 0.343 e. The molecule has 1 saturated carbocycles. The Morgan fingerprint density at radius 3 is 2.97 bits per heavy atom. The molecule has 3 N–H and O–H groups in total. The summed E-state index contributed by atoms with van der Waals surface area (Å²) in [5.41, 5.74) is 1.43. The molecule has 2 amide bonds. The second-order valence-corrected chi connectivity index (χ2v) is 9.40. The lowest BCUT2D eigenvalue weighted by molar-refractivity contribution is -0.127. The summed E-state index contributed by atoms with van der Waals surface area (Å²) in [7, 11) is 0. The van der Waals surface area contributed by atoms with Crippen LogP contribution < -0.4 is 11.0 Å². The van der Waals surface area contributed by atoms with Crippen molar-refractivity contribution in [3.05, 3.63) is 40.5 Å². The lowest BCUT2D eigenvalue weighted by atomic mass is 9.76. The van der Waals surface area contributed by atoms with Gasteiger partial charge < -0.3 is 15.2 Å². The minimum atomic E-state index is -0.223. The van der Waals surface area contributed by atoms with Crippen LogP contribution in [0.1, 0.15) is 48.4 Å². The number of hydrogen-bond donors (Lipinski definition) is 3. The molecule has 0 radical (unpaired) electrons. The molecule has 1 saturated heterocycles. The molecule has 2 aliphatic heterocycles. The number of rotatable bonds is 3. The molecule has 1 aliphatic carbocycles. The van der Waals surface area contributed by atoms with Gasteiger partial charge in [-0.25, -0.2) is 19.9 Å². The summed E-state index contributed by atoms with van der Waals surface area (Å²) >= 11 is 0. The number of aromatic amines is 2. The lowest BCUT2D eigenvalue weighted by Crippen LogP contribution is -2.60. The van der Waals surface area contributed by atoms with Crippen molar-refractivity contribution in [3.8, 4) is 0 Å². The van der Waals surface area contributed by atoms with Gasteiger partial charge in [0.05, 0.1) is 12.2 Å². The maximum absolute atomic E-state index is 13.4. The van der Waals surface area contributed by atoms with Crippen molar-refractivity contribution in [3.63, 3.8) is 0 Å². The highest BCUT2D eigenvalue weighted by molar-refractivity contribution is 5.94. The van der Waals surface area contributed by atoms with Gasteiger partial charge in [-0.15, -0.1) is 0 Å². The average Bonchev–Trinajstić information content (AvgIpc) is 3.46. The molecule has 4 atom stereocenters. The number of nitrogens with zero attached hydrogens (tertiary/aromatic N) is 5. The summed E-state index contributed by atoms with van der Waals surface area (Å²) < 4.78 is 1.60. The van der Waals surface area contributed by atoms with E-state index in [0.717, 1.165) is 25.7 Å². The van der Waals surface area contributed by atoms with Crippen LogP contribution in [0.5, 0.6) is 0 Å². The van der Waals surface area contributed by atoms with Crippen LogP contribution in [0.4, 0.5) is 0 Å². The standard InChI is InChI=1S/C22H26N8O3/c31-20(13-5-8-30-18(10-13)27-28-22(30)33)26-14-2-1-12-4-7-29(17(14)9-12)21(32)16-11-24-19-15(25-16)3-6-23-19/h3,6,11-14,17H,1-2,4-5,7-10H2,(H,23,24)(H,26,31)(H,28,33). The van der Waals surface area contributed by atoms with Crippen molar-refractivity contribution < 1.29 is 9.59 Å². The van der Waals surface area contributed by atoms with E-state index in [1.165, 1.54) is 6.20 Å². The Kier molecular flexibility index (Phi) is 4.77. The summed E-state index contributed by atoms with van der Waals surface area (Å²) in [4.78, 5) is 52.0. The summed E-state index contributed by atoms with van der Waals surface area (Å²) in [6, 6.07) is 1.66. The van der Waals surface area contributed by atoms with Gasteiger partial charge in [0.2, 0.25) is 5.91 Å². The molecule has 2 bridgehead atoms. The Bertz CT molecular complexity index is 1280. The molecular weight excluding hydrogens is 424 g/mol. The highest BCUT2D eigenvalue weighted by Crippen LogP contribution is 2.36. The topological polar surface area (TPSA) is 142 Å². The van der Waals surface area contributed by atoms with Gasteiger partial charge in [0, 0.05) is 37.7 Å². The zero-order valence-corrected chi connectivity index (χ0v) is 18.2. The predicted molar refractivity (Wildman–Crippen MR) is 117 cm³/mol. The quantitative estimate of drug-likeness (QED) is 0.534. The van der Waals surface area contributed by atoms with E-state index in [1.807, 2.05) is 4.90 Å². The molecule has 4 unspecified atom stereocenters. The number of carbonyl (C=O) groups excluding carboxylic acids is 2. The monoisotopic (exact) mass is 450 g/mol. The van der Waals surface area contributed by atoms with Gasteiger partial charge in [-0.3, -0.25) is 14.2 Å². The average molecular weight is 451 g/mol. The Hall–Kier alpha value is -3.50. The van der Waals surface area contributed by atoms with Crippen molar-refractivity contribution in [1.29, 1.82) is 0 Å². The second kappa shape index (κ2) is 7.82. The van der Waals surface area contributed by atoms with Gasteiger partial charge in [-0.05, 0) is 44.1 Å². The molecule has 0 aromatic carbocycles. The van der Waals surface area contributed by atoms with E-state index in [1.54, 1.807) is 16.8 Å². The number of hydrogen-bond acceptors (Lipinski definition) is 6. The number of aromatic nitrogens is 6. The second-order valence-electron chi connectivity index (χ2n) is 9.40. The minimum absolute atomic E-state index is 0.0216. The van der Waals surface area contributed by atoms with E-state index in [4.69, 9.17) is 0 Å². The molecular formula is C22H26N8O3. The van der Waals surface area contributed by atoms with Crippen LogP contribution >= 0.6 is 0 Å². The number of H-pyrrole nitrogens is 2. The van der Waals surface area contributed by atoms with Gasteiger partial charge in [0.15, 0.2) is 5.65 Å². The van der Waals surface area contributed by atoms with Crippen LogP contribution in [0.15, 0.2) is 23.3 Å². The van der Waals surface area contributed by atoms with E-state index < -0.39 is 0 Å². The van der Waals surface area contributed by atoms with Crippen LogP contribution in [0.25, 0.3) is 11.2 Å². The molecule has 0 spiro atoms. The van der Waals surface area contributed by atoms with Gasteiger partial charge in [0.1, 0.15) is 17.0 Å². The summed E-state index contributed by atoms with van der Waals surface area (Å²) in [5, 5.41) is 9.75. The van der Waals surface area contributed by atoms with Crippen molar-refractivity contribution >= 4 is 23.0 Å². The highest BCUT2D eigenvalue weighted by Gasteiger charge is 2.42. The molecule has 33 heavy (non-hydrogen) atoms. The molecule has 11 nitrogen and oxygen atoms in total. The van der Waals surface area contributed by atoms with Crippen LogP contribution in [0.3, 0.4) is 0 Å². The van der Waals surface area contributed by atoms with E-state index in [2.05, 4.69) is 30.5 Å². The van der Waals surface area contributed by atoms with Gasteiger partial charge >= 0.3 is 5.69 Å². The first-order valence-corrected chi connectivity index (χ1v) is 11.6. The third-order valence-electron chi connectivity index (χ3n) is 7.51. The maximum atomic E-state index is 13.4. The van der Waals surface area contributed by atoms with E-state index in [9.17, 15) is 14.4 Å². The Morgan fingerprint density at radius 1 is 1.15 bits per heavy atom. The molecule has 3 aliphatic rings. The summed E-state index contributed by atoms with van der Waals surface area (Å²) in [6.45, 7) is 1.15. The molecule has 11 heteroatoms. The van der Waals surface area contributed by atoms with Crippen molar-refractivity contribution in [1.82, 2.24) is 39.9 Å². The van der Waals surface area contributed by atoms with E-state index >= 15 is 0 Å². The molecule has 172 valence electrons. The molecule has 6 rings (SSSR count). The van der Waals surface area contributed by atoms with Gasteiger partial charge in [-0.1, -0.05) is 0 Å². The molecule has 5 heterocycles. The highest BCUT2D eigenvalue weighted by atomic mass is 16.2. The zero-order chi connectivity index (χ0) is 22.5. The number of piperidine rings is 1. The first-order valence-electron chi connectivity index (χ1n) is 11.6. The number of nitrogens with one attached hydrogen (secondary N) is 3. The van der Waals surface area contributed by atoms with Crippen molar-refractivity contribution in [2.75, 3.05) is 6.54 Å². The Balaban J connectivity index is 1.19. The normalized spacial score (nSPS) is 26.7. The largest absolute Gasteiger partial charge is 0.351 e. The fraction of sp³-hybridized carbons (Fsp3) is 0.545. The van der Waals surface area contributed by atoms with E-state index in [-0.39, 0.29) is 35.5 Å². The van der Waals surface area contributed by atoms with Crippen LogP contribution in [0, 0.1) is 11.8 Å². The Labute approximate surface area is 189 Å². The number of likely N-dealkylation sites (tertiary alicyclic amines) is 1. The number of carbonyl (C=O) groups is 2. The first-order chi connectivity index (χ1) is 16.1. The van der Waals surface area contributed by atoms with E-state index in [0.29, 0.717) is 54.5 Å². The minimum Gasteiger partial charge on any atom is -0.351 e.